The minimum Gasteiger partial charge on any atom is -0.395 e. The van der Waals surface area contributed by atoms with Gasteiger partial charge in [0.1, 0.15) is 5.70 Å². The SMILES string of the molecule is N/C(=C\C(=O)c1ccc2ccccc2c1)C(F)(F)F. The third-order valence-corrected chi connectivity index (χ3v) is 2.65. The lowest BCUT2D eigenvalue weighted by Crippen LogP contribution is -2.20. The third kappa shape index (κ3) is 2.93. The van der Waals surface area contributed by atoms with Crippen LogP contribution in [0.5, 0.6) is 0 Å². The van der Waals surface area contributed by atoms with E-state index >= 15 is 0 Å². The lowest BCUT2D eigenvalue weighted by Gasteiger charge is -2.06. The molecule has 98 valence electrons. The average Bonchev–Trinajstić information content (AvgIpc) is 2.37. The number of hydrogen-bond donors (Lipinski definition) is 1. The number of hydrogen-bond acceptors (Lipinski definition) is 2. The quantitative estimate of drug-likeness (QED) is 0.667. The first-order chi connectivity index (χ1) is 8.88. The zero-order valence-corrected chi connectivity index (χ0v) is 9.74. The van der Waals surface area contributed by atoms with E-state index in [0.717, 1.165) is 10.8 Å². The van der Waals surface area contributed by atoms with Crippen molar-refractivity contribution in [1.29, 1.82) is 0 Å². The van der Waals surface area contributed by atoms with Crippen LogP contribution in [0.2, 0.25) is 0 Å². The van der Waals surface area contributed by atoms with Crippen molar-refractivity contribution in [2.24, 2.45) is 5.73 Å². The van der Waals surface area contributed by atoms with E-state index in [1.807, 2.05) is 12.1 Å². The molecule has 2 nitrogen and oxygen atoms in total. The van der Waals surface area contributed by atoms with E-state index in [9.17, 15) is 18.0 Å². The van der Waals surface area contributed by atoms with Gasteiger partial charge in [-0.2, -0.15) is 13.2 Å². The smallest absolute Gasteiger partial charge is 0.395 e. The number of nitrogens with two attached hydrogens (primary N) is 1. The maximum Gasteiger partial charge on any atom is 0.430 e. The molecule has 2 aromatic carbocycles. The van der Waals surface area contributed by atoms with E-state index in [4.69, 9.17) is 5.73 Å². The van der Waals surface area contributed by atoms with Crippen molar-refractivity contribution in [1.82, 2.24) is 0 Å². The van der Waals surface area contributed by atoms with Gasteiger partial charge in [0, 0.05) is 11.6 Å². The highest BCUT2D eigenvalue weighted by atomic mass is 19.4. The Labute approximate surface area is 107 Å². The second-order valence-electron chi connectivity index (χ2n) is 4.02. The molecule has 0 radical (unpaired) electrons. The Morgan fingerprint density at radius 2 is 1.68 bits per heavy atom. The van der Waals surface area contributed by atoms with Crippen molar-refractivity contribution in [3.63, 3.8) is 0 Å². The standard InChI is InChI=1S/C14H10F3NO/c15-14(16,17)13(18)8-12(19)11-6-5-9-3-1-2-4-10(9)7-11/h1-8H,18H2/b13-8-. The van der Waals surface area contributed by atoms with E-state index < -0.39 is 17.7 Å². The summed E-state index contributed by atoms with van der Waals surface area (Å²) in [6, 6.07) is 12.0. The van der Waals surface area contributed by atoms with Crippen molar-refractivity contribution in [3.8, 4) is 0 Å². The minimum absolute atomic E-state index is 0.172. The summed E-state index contributed by atoms with van der Waals surface area (Å²) in [5.74, 6) is -0.763. The molecular formula is C14H10F3NO. The molecule has 0 spiro atoms. The second-order valence-corrected chi connectivity index (χ2v) is 4.02. The van der Waals surface area contributed by atoms with Crippen molar-refractivity contribution < 1.29 is 18.0 Å². The molecule has 2 rings (SSSR count). The van der Waals surface area contributed by atoms with E-state index in [0.29, 0.717) is 6.08 Å². The average molecular weight is 265 g/mol. The molecule has 2 aromatic rings. The van der Waals surface area contributed by atoms with Crippen LogP contribution >= 0.6 is 0 Å². The zero-order chi connectivity index (χ0) is 14.0. The monoisotopic (exact) mass is 265 g/mol. The third-order valence-electron chi connectivity index (χ3n) is 2.65. The van der Waals surface area contributed by atoms with Crippen LogP contribution in [0.15, 0.2) is 54.2 Å². The van der Waals surface area contributed by atoms with Gasteiger partial charge in [-0.15, -0.1) is 0 Å². The van der Waals surface area contributed by atoms with Crippen LogP contribution < -0.4 is 5.73 Å². The maximum atomic E-state index is 12.2. The summed E-state index contributed by atoms with van der Waals surface area (Å²) < 4.78 is 36.7. The zero-order valence-electron chi connectivity index (χ0n) is 9.74. The first kappa shape index (κ1) is 13.1. The van der Waals surface area contributed by atoms with Gasteiger partial charge in [0.05, 0.1) is 0 Å². The van der Waals surface area contributed by atoms with Crippen molar-refractivity contribution >= 4 is 16.6 Å². The van der Waals surface area contributed by atoms with Gasteiger partial charge >= 0.3 is 6.18 Å². The molecule has 0 heterocycles. The highest BCUT2D eigenvalue weighted by molar-refractivity contribution is 6.07. The number of rotatable bonds is 2. The summed E-state index contributed by atoms with van der Waals surface area (Å²) in [7, 11) is 0. The van der Waals surface area contributed by atoms with Crippen molar-refractivity contribution in [2.45, 2.75) is 6.18 Å². The number of halogens is 3. The molecule has 0 saturated carbocycles. The van der Waals surface area contributed by atoms with Gasteiger partial charge in [-0.05, 0) is 16.8 Å². The molecular weight excluding hydrogens is 255 g/mol. The molecule has 0 fully saturated rings. The Hall–Kier alpha value is -2.30. The number of fused-ring (bicyclic) bond motifs is 1. The fourth-order valence-corrected chi connectivity index (χ4v) is 1.65. The number of carbonyl (C=O) groups excluding carboxylic acids is 1. The molecule has 0 aliphatic carbocycles. The Morgan fingerprint density at radius 3 is 2.32 bits per heavy atom. The lowest BCUT2D eigenvalue weighted by molar-refractivity contribution is -0.0927. The van der Waals surface area contributed by atoms with Crippen LogP contribution in [-0.2, 0) is 0 Å². The molecule has 5 heteroatoms. The predicted octanol–water partition coefficient (Wildman–Crippen LogP) is 3.43. The topological polar surface area (TPSA) is 43.1 Å². The molecule has 0 amide bonds. The van der Waals surface area contributed by atoms with E-state index in [2.05, 4.69) is 0 Å². The fraction of sp³-hybridized carbons (Fsp3) is 0.0714. The Morgan fingerprint density at radius 1 is 1.05 bits per heavy atom. The Balaban J connectivity index is 2.37. The van der Waals surface area contributed by atoms with Gasteiger partial charge in [0.25, 0.3) is 0 Å². The number of alkyl halides is 3. The minimum atomic E-state index is -4.69. The van der Waals surface area contributed by atoms with Crippen molar-refractivity contribution in [3.05, 3.63) is 59.8 Å². The van der Waals surface area contributed by atoms with Gasteiger partial charge in [-0.3, -0.25) is 4.79 Å². The number of allylic oxidation sites excluding steroid dienone is 2. The Kier molecular flexibility index (Phi) is 3.29. The fourth-order valence-electron chi connectivity index (χ4n) is 1.65. The molecule has 0 aromatic heterocycles. The highest BCUT2D eigenvalue weighted by Crippen LogP contribution is 2.22. The van der Waals surface area contributed by atoms with Gasteiger partial charge in [-0.1, -0.05) is 36.4 Å². The molecule has 19 heavy (non-hydrogen) atoms. The molecule has 0 aliphatic rings. The van der Waals surface area contributed by atoms with E-state index in [1.54, 1.807) is 18.2 Å². The van der Waals surface area contributed by atoms with Gasteiger partial charge in [0.15, 0.2) is 5.78 Å². The lowest BCUT2D eigenvalue weighted by atomic mass is 10.0. The van der Waals surface area contributed by atoms with Gasteiger partial charge in [-0.25, -0.2) is 0 Å². The van der Waals surface area contributed by atoms with Crippen molar-refractivity contribution in [2.75, 3.05) is 0 Å². The summed E-state index contributed by atoms with van der Waals surface area (Å²) in [6.07, 6.45) is -4.28. The second kappa shape index (κ2) is 4.76. The van der Waals surface area contributed by atoms with Crippen LogP contribution in [0.3, 0.4) is 0 Å². The predicted molar refractivity (Wildman–Crippen MR) is 66.6 cm³/mol. The van der Waals surface area contributed by atoms with Gasteiger partial charge < -0.3 is 5.73 Å². The van der Waals surface area contributed by atoms with Crippen LogP contribution in [-0.4, -0.2) is 12.0 Å². The molecule has 0 saturated heterocycles. The van der Waals surface area contributed by atoms with E-state index in [-0.39, 0.29) is 5.56 Å². The number of carbonyl (C=O) groups is 1. The molecule has 0 atom stereocenters. The summed E-state index contributed by atoms with van der Waals surface area (Å²) in [6.45, 7) is 0. The number of ketones is 1. The molecule has 0 bridgehead atoms. The Bertz CT molecular complexity index is 659. The van der Waals surface area contributed by atoms with Crippen LogP contribution in [0, 0.1) is 0 Å². The van der Waals surface area contributed by atoms with E-state index in [1.165, 1.54) is 12.1 Å². The molecule has 2 N–H and O–H groups in total. The van der Waals surface area contributed by atoms with Crippen LogP contribution in [0.4, 0.5) is 13.2 Å². The molecule has 0 unspecified atom stereocenters. The van der Waals surface area contributed by atoms with Crippen LogP contribution in [0.1, 0.15) is 10.4 Å². The molecule has 0 aliphatic heterocycles. The van der Waals surface area contributed by atoms with Crippen LogP contribution in [0.25, 0.3) is 10.8 Å². The first-order valence-electron chi connectivity index (χ1n) is 5.45. The highest BCUT2D eigenvalue weighted by Gasteiger charge is 2.32. The summed E-state index contributed by atoms with van der Waals surface area (Å²) in [5, 5.41) is 1.69. The summed E-state index contributed by atoms with van der Waals surface area (Å²) in [5.41, 5.74) is 3.59. The largest absolute Gasteiger partial charge is 0.430 e. The summed E-state index contributed by atoms with van der Waals surface area (Å²) in [4.78, 5) is 11.7. The first-order valence-corrected chi connectivity index (χ1v) is 5.45. The van der Waals surface area contributed by atoms with Gasteiger partial charge in [0.2, 0.25) is 0 Å². The summed E-state index contributed by atoms with van der Waals surface area (Å²) >= 11 is 0. The normalized spacial score (nSPS) is 12.7. The number of benzene rings is 2. The maximum absolute atomic E-state index is 12.2.